The molecule has 0 saturated carbocycles. The van der Waals surface area contributed by atoms with E-state index in [4.69, 9.17) is 0 Å². The standard InChI is InChI=1S/C9H16N2O3/c1-6(2)4-11(3)5-7(8(12)13)10-9(11)14/h6-7H,4-5H2,1-3H3,(H-,10,12,13,14). The van der Waals surface area contributed by atoms with Crippen LogP contribution in [0.15, 0.2) is 0 Å². The smallest absolute Gasteiger partial charge is 0.417 e. The SMILES string of the molecule is CC(C)C[N+]1(C)CC(C(=O)[O-])NC1=O. The Kier molecular flexibility index (Phi) is 2.80. The van der Waals surface area contributed by atoms with Crippen LogP contribution in [0, 0.1) is 5.92 Å². The Morgan fingerprint density at radius 2 is 2.29 bits per heavy atom. The molecule has 0 aromatic carbocycles. The quantitative estimate of drug-likeness (QED) is 0.590. The lowest BCUT2D eigenvalue weighted by atomic mass is 10.2. The second-order valence-corrected chi connectivity index (χ2v) is 4.48. The lowest BCUT2D eigenvalue weighted by molar-refractivity contribution is -0.824. The summed E-state index contributed by atoms with van der Waals surface area (Å²) >= 11 is 0. The van der Waals surface area contributed by atoms with Crippen LogP contribution in [-0.2, 0) is 4.79 Å². The van der Waals surface area contributed by atoms with Crippen molar-refractivity contribution in [2.45, 2.75) is 19.9 Å². The minimum atomic E-state index is -1.20. The summed E-state index contributed by atoms with van der Waals surface area (Å²) in [7, 11) is 1.75. The average molecular weight is 200 g/mol. The molecule has 1 aliphatic rings. The molecular formula is C9H16N2O3. The van der Waals surface area contributed by atoms with E-state index in [1.807, 2.05) is 13.8 Å². The monoisotopic (exact) mass is 200 g/mol. The van der Waals surface area contributed by atoms with Gasteiger partial charge in [-0.05, 0) is 0 Å². The number of quaternary nitrogens is 1. The second-order valence-electron chi connectivity index (χ2n) is 4.48. The molecule has 1 heterocycles. The van der Waals surface area contributed by atoms with Crippen molar-refractivity contribution >= 4 is 12.0 Å². The summed E-state index contributed by atoms with van der Waals surface area (Å²) in [5.41, 5.74) is 0. The number of aliphatic carboxylic acids is 1. The van der Waals surface area contributed by atoms with Crippen LogP contribution >= 0.6 is 0 Å². The van der Waals surface area contributed by atoms with Crippen LogP contribution in [0.25, 0.3) is 0 Å². The molecule has 1 rings (SSSR count). The number of carboxylic acids is 1. The van der Waals surface area contributed by atoms with E-state index < -0.39 is 12.0 Å². The van der Waals surface area contributed by atoms with Crippen molar-refractivity contribution in [3.63, 3.8) is 0 Å². The number of nitrogens with zero attached hydrogens (tertiary/aromatic N) is 1. The van der Waals surface area contributed by atoms with E-state index in [1.165, 1.54) is 0 Å². The minimum Gasteiger partial charge on any atom is -0.548 e. The van der Waals surface area contributed by atoms with Gasteiger partial charge in [0.1, 0.15) is 12.6 Å². The number of carbonyl (C=O) groups is 2. The molecule has 2 unspecified atom stereocenters. The van der Waals surface area contributed by atoms with Gasteiger partial charge in [-0.2, -0.15) is 0 Å². The highest BCUT2D eigenvalue weighted by molar-refractivity contribution is 5.81. The normalized spacial score (nSPS) is 32.0. The molecule has 0 aliphatic carbocycles. The van der Waals surface area contributed by atoms with Crippen LogP contribution in [0.4, 0.5) is 4.79 Å². The predicted octanol–water partition coefficient (Wildman–Crippen LogP) is -1.07. The molecule has 14 heavy (non-hydrogen) atoms. The molecule has 0 aromatic rings. The number of amides is 2. The number of rotatable bonds is 3. The van der Waals surface area contributed by atoms with Crippen LogP contribution in [0.5, 0.6) is 0 Å². The molecule has 1 saturated heterocycles. The van der Waals surface area contributed by atoms with Gasteiger partial charge in [-0.25, -0.2) is 9.28 Å². The topological polar surface area (TPSA) is 69.2 Å². The third-order valence-corrected chi connectivity index (χ3v) is 2.43. The first-order valence-corrected chi connectivity index (χ1v) is 4.71. The Labute approximate surface area is 83.3 Å². The molecule has 5 nitrogen and oxygen atoms in total. The molecule has 0 radical (unpaired) electrons. The zero-order valence-corrected chi connectivity index (χ0v) is 8.74. The summed E-state index contributed by atoms with van der Waals surface area (Å²) in [5, 5.41) is 13.0. The van der Waals surface area contributed by atoms with Crippen molar-refractivity contribution in [2.75, 3.05) is 20.1 Å². The summed E-state index contributed by atoms with van der Waals surface area (Å²) in [5.74, 6) is -0.852. The maximum atomic E-state index is 11.5. The first-order valence-electron chi connectivity index (χ1n) is 4.71. The van der Waals surface area contributed by atoms with Gasteiger partial charge < -0.3 is 9.90 Å². The number of carbonyl (C=O) groups excluding carboxylic acids is 2. The van der Waals surface area contributed by atoms with Crippen molar-refractivity contribution in [3.8, 4) is 0 Å². The van der Waals surface area contributed by atoms with Gasteiger partial charge in [0.05, 0.1) is 19.6 Å². The van der Waals surface area contributed by atoms with Crippen molar-refractivity contribution in [1.29, 1.82) is 0 Å². The fraction of sp³-hybridized carbons (Fsp3) is 0.778. The third-order valence-electron chi connectivity index (χ3n) is 2.43. The maximum absolute atomic E-state index is 11.5. The van der Waals surface area contributed by atoms with Gasteiger partial charge in [-0.3, -0.25) is 5.32 Å². The molecule has 1 aliphatic heterocycles. The van der Waals surface area contributed by atoms with Crippen LogP contribution in [-0.4, -0.2) is 42.7 Å². The Morgan fingerprint density at radius 1 is 1.71 bits per heavy atom. The Morgan fingerprint density at radius 3 is 2.64 bits per heavy atom. The first kappa shape index (κ1) is 11.0. The summed E-state index contributed by atoms with van der Waals surface area (Å²) in [6, 6.07) is -1.07. The van der Waals surface area contributed by atoms with E-state index in [0.29, 0.717) is 12.5 Å². The van der Waals surface area contributed by atoms with Crippen molar-refractivity contribution in [2.24, 2.45) is 5.92 Å². The number of likely N-dealkylation sites (N-methyl/N-ethyl adjacent to an activating group) is 1. The maximum Gasteiger partial charge on any atom is 0.417 e. The highest BCUT2D eigenvalue weighted by Crippen LogP contribution is 2.15. The second kappa shape index (κ2) is 3.57. The molecule has 0 spiro atoms. The van der Waals surface area contributed by atoms with Crippen molar-refractivity contribution in [3.05, 3.63) is 0 Å². The van der Waals surface area contributed by atoms with E-state index in [1.54, 1.807) is 7.05 Å². The fourth-order valence-corrected chi connectivity index (χ4v) is 1.93. The molecule has 80 valence electrons. The number of urea groups is 1. The van der Waals surface area contributed by atoms with Gasteiger partial charge >= 0.3 is 6.03 Å². The molecule has 1 fully saturated rings. The highest BCUT2D eigenvalue weighted by atomic mass is 16.4. The van der Waals surface area contributed by atoms with Gasteiger partial charge in [0.15, 0.2) is 0 Å². The van der Waals surface area contributed by atoms with Gasteiger partial charge in [-0.15, -0.1) is 0 Å². The van der Waals surface area contributed by atoms with Gasteiger partial charge in [-0.1, -0.05) is 13.8 Å². The Bertz CT molecular complexity index is 265. The largest absolute Gasteiger partial charge is 0.548 e. The zero-order valence-electron chi connectivity index (χ0n) is 8.74. The van der Waals surface area contributed by atoms with Crippen molar-refractivity contribution in [1.82, 2.24) is 5.32 Å². The number of carboxylic acid groups (broad SMARTS) is 1. The molecule has 2 amide bonds. The molecule has 0 aromatic heterocycles. The van der Waals surface area contributed by atoms with Gasteiger partial charge in [0, 0.05) is 5.92 Å². The van der Waals surface area contributed by atoms with Gasteiger partial charge in [0.2, 0.25) is 0 Å². The lowest BCUT2D eigenvalue weighted by Crippen LogP contribution is -2.49. The summed E-state index contributed by atoms with van der Waals surface area (Å²) in [4.78, 5) is 22.1. The van der Waals surface area contributed by atoms with E-state index in [9.17, 15) is 14.7 Å². The lowest BCUT2D eigenvalue weighted by Gasteiger charge is -2.26. The number of hydrogen-bond acceptors (Lipinski definition) is 3. The number of nitrogens with one attached hydrogen (secondary N) is 1. The van der Waals surface area contributed by atoms with Crippen LogP contribution in [0.1, 0.15) is 13.8 Å². The van der Waals surface area contributed by atoms with Gasteiger partial charge in [0.25, 0.3) is 0 Å². The summed E-state index contributed by atoms with van der Waals surface area (Å²) < 4.78 is 0.135. The fourth-order valence-electron chi connectivity index (χ4n) is 1.93. The molecular weight excluding hydrogens is 184 g/mol. The molecule has 0 bridgehead atoms. The van der Waals surface area contributed by atoms with E-state index in [2.05, 4.69) is 5.32 Å². The van der Waals surface area contributed by atoms with E-state index in [-0.39, 0.29) is 17.1 Å². The number of hydrogen-bond donors (Lipinski definition) is 1. The van der Waals surface area contributed by atoms with Crippen LogP contribution in [0.2, 0.25) is 0 Å². The first-order chi connectivity index (χ1) is 6.35. The molecule has 1 N–H and O–H groups in total. The molecule has 2 atom stereocenters. The van der Waals surface area contributed by atoms with E-state index >= 15 is 0 Å². The third kappa shape index (κ3) is 2.04. The van der Waals surface area contributed by atoms with E-state index in [0.717, 1.165) is 0 Å². The minimum absolute atomic E-state index is 0.135. The van der Waals surface area contributed by atoms with Crippen LogP contribution < -0.4 is 10.4 Å². The summed E-state index contributed by atoms with van der Waals surface area (Å²) in [6.45, 7) is 4.93. The zero-order chi connectivity index (χ0) is 10.9. The Hall–Kier alpha value is -1.10. The highest BCUT2D eigenvalue weighted by Gasteiger charge is 2.43. The summed E-state index contributed by atoms with van der Waals surface area (Å²) in [6.07, 6.45) is 0. The Balaban J connectivity index is 2.72. The predicted molar refractivity (Wildman–Crippen MR) is 48.1 cm³/mol. The van der Waals surface area contributed by atoms with Crippen molar-refractivity contribution < 1.29 is 19.2 Å². The van der Waals surface area contributed by atoms with Crippen LogP contribution in [0.3, 0.4) is 0 Å². The average Bonchev–Trinajstić information content (AvgIpc) is 2.26. The molecule has 5 heteroatoms.